The van der Waals surface area contributed by atoms with Crippen molar-refractivity contribution in [1.82, 2.24) is 5.32 Å². The smallest absolute Gasteiger partial charge is 0.335 e. The molecule has 1 N–H and O–H groups in total. The van der Waals surface area contributed by atoms with Gasteiger partial charge < -0.3 is 9.47 Å². The molecule has 0 bridgehead atoms. The lowest BCUT2D eigenvalue weighted by Gasteiger charge is -2.26. The number of amides is 4. The Morgan fingerprint density at radius 3 is 2.39 bits per heavy atom. The Bertz CT molecular complexity index is 963. The van der Waals surface area contributed by atoms with Gasteiger partial charge in [-0.05, 0) is 49.8 Å². The fraction of sp³-hybridized carbons (Fsp3) is 0.190. The van der Waals surface area contributed by atoms with Crippen LogP contribution in [0.2, 0.25) is 0 Å². The van der Waals surface area contributed by atoms with E-state index in [0.29, 0.717) is 29.4 Å². The van der Waals surface area contributed by atoms with Crippen molar-refractivity contribution >= 4 is 29.6 Å². The Morgan fingerprint density at radius 1 is 1.04 bits per heavy atom. The zero-order valence-electron chi connectivity index (χ0n) is 15.8. The highest BCUT2D eigenvalue weighted by Crippen LogP contribution is 2.30. The molecule has 2 aromatic carbocycles. The van der Waals surface area contributed by atoms with Gasteiger partial charge in [0.05, 0.1) is 19.4 Å². The number of barbiturate groups is 1. The van der Waals surface area contributed by atoms with E-state index in [1.807, 2.05) is 13.8 Å². The number of ether oxygens (including phenoxy) is 2. The molecule has 144 valence electrons. The van der Waals surface area contributed by atoms with Crippen molar-refractivity contribution in [3.05, 3.63) is 59.2 Å². The largest absolute Gasteiger partial charge is 0.493 e. The minimum atomic E-state index is -0.777. The van der Waals surface area contributed by atoms with Crippen LogP contribution < -0.4 is 19.7 Å². The third-order valence-electron chi connectivity index (χ3n) is 4.19. The average molecular weight is 380 g/mol. The van der Waals surface area contributed by atoms with E-state index in [1.54, 1.807) is 42.5 Å². The first-order valence-corrected chi connectivity index (χ1v) is 8.73. The summed E-state index contributed by atoms with van der Waals surface area (Å²) in [6.45, 7) is 4.18. The zero-order valence-corrected chi connectivity index (χ0v) is 15.8. The molecule has 7 heteroatoms. The summed E-state index contributed by atoms with van der Waals surface area (Å²) < 4.78 is 10.8. The first-order valence-electron chi connectivity index (χ1n) is 8.73. The number of methoxy groups -OCH3 is 1. The van der Waals surface area contributed by atoms with Crippen molar-refractivity contribution in [3.63, 3.8) is 0 Å². The predicted molar refractivity (Wildman–Crippen MR) is 104 cm³/mol. The highest BCUT2D eigenvalue weighted by molar-refractivity contribution is 6.39. The number of rotatable bonds is 5. The molecule has 28 heavy (non-hydrogen) atoms. The minimum Gasteiger partial charge on any atom is -0.493 e. The molecular weight excluding hydrogens is 360 g/mol. The average Bonchev–Trinajstić information content (AvgIpc) is 2.67. The summed E-state index contributed by atoms with van der Waals surface area (Å²) in [7, 11) is 1.53. The molecule has 1 fully saturated rings. The molecule has 0 spiro atoms. The van der Waals surface area contributed by atoms with Gasteiger partial charge >= 0.3 is 6.03 Å². The molecule has 0 aromatic heterocycles. The fourth-order valence-electron chi connectivity index (χ4n) is 2.80. The van der Waals surface area contributed by atoms with Crippen LogP contribution in [0.4, 0.5) is 10.5 Å². The molecular formula is C21H20N2O5. The number of nitrogens with zero attached hydrogens (tertiary/aromatic N) is 1. The van der Waals surface area contributed by atoms with Crippen LogP contribution in [0.15, 0.2) is 48.0 Å². The van der Waals surface area contributed by atoms with Gasteiger partial charge in [-0.2, -0.15) is 0 Å². The zero-order chi connectivity index (χ0) is 20.3. The number of anilines is 1. The maximum atomic E-state index is 12.9. The molecule has 1 heterocycles. The lowest BCUT2D eigenvalue weighted by atomic mass is 10.1. The lowest BCUT2D eigenvalue weighted by Crippen LogP contribution is -2.54. The monoisotopic (exact) mass is 380 g/mol. The summed E-state index contributed by atoms with van der Waals surface area (Å²) in [5.41, 5.74) is 1.80. The second-order valence-electron chi connectivity index (χ2n) is 6.14. The first kappa shape index (κ1) is 19.2. The molecule has 7 nitrogen and oxygen atoms in total. The third-order valence-corrected chi connectivity index (χ3v) is 4.19. The third kappa shape index (κ3) is 3.73. The van der Waals surface area contributed by atoms with Gasteiger partial charge in [0.15, 0.2) is 11.5 Å². The summed E-state index contributed by atoms with van der Waals surface area (Å²) in [5, 5.41) is 2.21. The van der Waals surface area contributed by atoms with Crippen LogP contribution in [-0.4, -0.2) is 31.6 Å². The molecule has 1 aliphatic heterocycles. The van der Waals surface area contributed by atoms with Crippen LogP contribution >= 0.6 is 0 Å². The van der Waals surface area contributed by atoms with Crippen molar-refractivity contribution in [2.24, 2.45) is 0 Å². The molecule has 0 aliphatic carbocycles. The Labute approximate surface area is 162 Å². The Morgan fingerprint density at radius 2 is 1.75 bits per heavy atom. The van der Waals surface area contributed by atoms with E-state index in [-0.39, 0.29) is 5.57 Å². The Kier molecular flexibility index (Phi) is 5.44. The number of hydrogen-bond donors (Lipinski definition) is 1. The summed E-state index contributed by atoms with van der Waals surface area (Å²) in [6, 6.07) is 11.2. The topological polar surface area (TPSA) is 84.9 Å². The number of carbonyl (C=O) groups is 3. The molecule has 0 unspecified atom stereocenters. The molecule has 0 atom stereocenters. The number of nitrogens with one attached hydrogen (secondary N) is 1. The summed E-state index contributed by atoms with van der Waals surface area (Å²) in [6.07, 6.45) is 1.42. The molecule has 0 radical (unpaired) electrons. The van der Waals surface area contributed by atoms with Crippen LogP contribution in [0, 0.1) is 6.92 Å². The van der Waals surface area contributed by atoms with E-state index in [1.165, 1.54) is 13.2 Å². The number of hydrogen-bond acceptors (Lipinski definition) is 5. The van der Waals surface area contributed by atoms with Gasteiger partial charge in [0.1, 0.15) is 5.57 Å². The van der Waals surface area contributed by atoms with Gasteiger partial charge in [0, 0.05) is 0 Å². The summed E-state index contributed by atoms with van der Waals surface area (Å²) in [4.78, 5) is 38.3. The molecule has 1 aliphatic rings. The predicted octanol–water partition coefficient (Wildman–Crippen LogP) is 3.07. The van der Waals surface area contributed by atoms with E-state index < -0.39 is 17.8 Å². The van der Waals surface area contributed by atoms with E-state index >= 15 is 0 Å². The van der Waals surface area contributed by atoms with E-state index in [9.17, 15) is 14.4 Å². The van der Waals surface area contributed by atoms with Crippen LogP contribution in [-0.2, 0) is 9.59 Å². The summed E-state index contributed by atoms with van der Waals surface area (Å²) >= 11 is 0. The van der Waals surface area contributed by atoms with Gasteiger partial charge in [0.25, 0.3) is 11.8 Å². The van der Waals surface area contributed by atoms with Gasteiger partial charge in [0.2, 0.25) is 0 Å². The molecule has 3 rings (SSSR count). The fourth-order valence-corrected chi connectivity index (χ4v) is 2.80. The van der Waals surface area contributed by atoms with Crippen molar-refractivity contribution in [3.8, 4) is 11.5 Å². The van der Waals surface area contributed by atoms with Crippen molar-refractivity contribution in [2.45, 2.75) is 13.8 Å². The van der Waals surface area contributed by atoms with Crippen LogP contribution in [0.1, 0.15) is 18.1 Å². The molecule has 4 amide bonds. The standard InChI is InChI=1S/C21H20N2O5/c1-4-28-18-12-14(7-10-17(18)27-3)11-16-19(24)22-21(26)23(20(16)25)15-8-5-13(2)6-9-15/h5-12H,4H2,1-3H3,(H,22,24,26)/b16-11+. The molecule has 0 saturated carbocycles. The second-order valence-corrected chi connectivity index (χ2v) is 6.14. The Balaban J connectivity index is 1.99. The van der Waals surface area contributed by atoms with Gasteiger partial charge in [-0.25, -0.2) is 9.69 Å². The van der Waals surface area contributed by atoms with Crippen molar-refractivity contribution in [1.29, 1.82) is 0 Å². The minimum absolute atomic E-state index is 0.146. The molecule has 1 saturated heterocycles. The number of imide groups is 2. The lowest BCUT2D eigenvalue weighted by molar-refractivity contribution is -0.122. The summed E-state index contributed by atoms with van der Waals surface area (Å²) in [5.74, 6) is -0.395. The maximum absolute atomic E-state index is 12.9. The number of carbonyl (C=O) groups excluding carboxylic acids is 3. The number of urea groups is 1. The van der Waals surface area contributed by atoms with Crippen molar-refractivity contribution in [2.75, 3.05) is 18.6 Å². The highest BCUT2D eigenvalue weighted by atomic mass is 16.5. The van der Waals surface area contributed by atoms with Crippen LogP contribution in [0.5, 0.6) is 11.5 Å². The SMILES string of the molecule is CCOc1cc(/C=C2\C(=O)NC(=O)N(c3ccc(C)cc3)C2=O)ccc1OC. The van der Waals surface area contributed by atoms with E-state index in [4.69, 9.17) is 9.47 Å². The number of benzene rings is 2. The van der Waals surface area contributed by atoms with Gasteiger partial charge in [-0.15, -0.1) is 0 Å². The van der Waals surface area contributed by atoms with Crippen LogP contribution in [0.25, 0.3) is 6.08 Å². The van der Waals surface area contributed by atoms with Crippen molar-refractivity contribution < 1.29 is 23.9 Å². The first-order chi connectivity index (χ1) is 13.4. The normalized spacial score (nSPS) is 15.6. The maximum Gasteiger partial charge on any atom is 0.335 e. The molecule has 2 aromatic rings. The quantitative estimate of drug-likeness (QED) is 0.637. The number of aryl methyl sites for hydroxylation is 1. The van der Waals surface area contributed by atoms with Crippen LogP contribution in [0.3, 0.4) is 0 Å². The van der Waals surface area contributed by atoms with E-state index in [2.05, 4.69) is 5.32 Å². The second kappa shape index (κ2) is 7.96. The Hall–Kier alpha value is -3.61. The van der Waals surface area contributed by atoms with Gasteiger partial charge in [-0.1, -0.05) is 23.8 Å². The van der Waals surface area contributed by atoms with Gasteiger partial charge in [-0.3, -0.25) is 14.9 Å². The van der Waals surface area contributed by atoms with E-state index in [0.717, 1.165) is 10.5 Å². The highest BCUT2D eigenvalue weighted by Gasteiger charge is 2.36.